The number of aromatic nitrogens is 5. The van der Waals surface area contributed by atoms with Gasteiger partial charge in [0, 0.05) is 45.8 Å². The van der Waals surface area contributed by atoms with Gasteiger partial charge in [0.15, 0.2) is 11.4 Å². The number of carbonyl (C=O) groups excluding carboxylic acids is 1. The van der Waals surface area contributed by atoms with Gasteiger partial charge in [0.1, 0.15) is 29.8 Å². The molecule has 0 spiro atoms. The second-order valence-corrected chi connectivity index (χ2v) is 13.1. The summed E-state index contributed by atoms with van der Waals surface area (Å²) in [7, 11) is 0. The SMILES string of the molecule is [2H]C([2H])([2H])[C@]12COCCN(C1)c1nc(OC[C@@]34CCCN3C[C@H](F)C4)nc3c(F)c(ncc13)-c1c(c(Cl)cc3[nH]ncc13)CCCOC(=O)O2. The molecule has 5 aliphatic rings. The number of benzene rings is 1. The Kier molecular flexibility index (Phi) is 6.73. The Bertz CT molecular complexity index is 1990. The first-order valence-electron chi connectivity index (χ1n) is 17.2. The molecule has 47 heavy (non-hydrogen) atoms. The highest BCUT2D eigenvalue weighted by atomic mass is 35.5. The van der Waals surface area contributed by atoms with Gasteiger partial charge >= 0.3 is 12.2 Å². The van der Waals surface area contributed by atoms with Gasteiger partial charge in [0.05, 0.1) is 49.0 Å². The van der Waals surface area contributed by atoms with Crippen molar-refractivity contribution >= 4 is 45.4 Å². The molecule has 4 aromatic rings. The average molecular weight is 673 g/mol. The summed E-state index contributed by atoms with van der Waals surface area (Å²) in [5.74, 6) is -0.684. The van der Waals surface area contributed by atoms with E-state index < -0.39 is 49.3 Å². The molecule has 15 heteroatoms. The van der Waals surface area contributed by atoms with E-state index in [1.807, 2.05) is 0 Å². The van der Waals surface area contributed by atoms with Gasteiger partial charge < -0.3 is 23.8 Å². The number of rotatable bonds is 3. The minimum Gasteiger partial charge on any atom is -0.461 e. The fraction of sp³-hybridized carbons (Fsp3) is 0.531. The molecule has 1 N–H and O–H groups in total. The molecule has 3 fully saturated rings. The fourth-order valence-electron chi connectivity index (χ4n) is 7.45. The van der Waals surface area contributed by atoms with E-state index in [1.54, 1.807) is 17.2 Å². The second kappa shape index (κ2) is 11.7. The Morgan fingerprint density at radius 1 is 1.23 bits per heavy atom. The predicted octanol–water partition coefficient (Wildman–Crippen LogP) is 5.01. The molecule has 8 heterocycles. The zero-order chi connectivity index (χ0) is 34.8. The fourth-order valence-corrected chi connectivity index (χ4v) is 7.74. The molecular formula is C32H34ClF2N7O5. The number of fused-ring (bicyclic) bond motifs is 8. The molecule has 0 amide bonds. The molecule has 0 radical (unpaired) electrons. The van der Waals surface area contributed by atoms with E-state index in [9.17, 15) is 9.18 Å². The lowest BCUT2D eigenvalue weighted by Gasteiger charge is -2.33. The first-order valence-corrected chi connectivity index (χ1v) is 16.1. The number of H-pyrrole nitrogens is 1. The smallest absolute Gasteiger partial charge is 0.461 e. The van der Waals surface area contributed by atoms with Gasteiger partial charge in [0.25, 0.3) is 0 Å². The van der Waals surface area contributed by atoms with Gasteiger partial charge in [0.2, 0.25) is 0 Å². The van der Waals surface area contributed by atoms with Crippen molar-refractivity contribution in [2.75, 3.05) is 57.5 Å². The lowest BCUT2D eigenvalue weighted by Crippen LogP contribution is -2.46. The number of nitrogens with one attached hydrogen (secondary N) is 1. The van der Waals surface area contributed by atoms with E-state index in [4.69, 9.17) is 34.7 Å². The van der Waals surface area contributed by atoms with Crippen LogP contribution in [0.2, 0.25) is 5.02 Å². The molecule has 0 aliphatic carbocycles. The quantitative estimate of drug-likeness (QED) is 0.295. The summed E-state index contributed by atoms with van der Waals surface area (Å²) in [4.78, 5) is 30.5. The highest BCUT2D eigenvalue weighted by molar-refractivity contribution is 6.33. The molecule has 3 aromatic heterocycles. The summed E-state index contributed by atoms with van der Waals surface area (Å²) in [5, 5.41) is 8.06. The van der Waals surface area contributed by atoms with Crippen LogP contribution in [-0.4, -0.2) is 106 Å². The largest absolute Gasteiger partial charge is 0.508 e. The molecular weight excluding hydrogens is 636 g/mol. The van der Waals surface area contributed by atoms with E-state index in [0.29, 0.717) is 40.0 Å². The zero-order valence-electron chi connectivity index (χ0n) is 28.4. The number of aromatic amines is 1. The summed E-state index contributed by atoms with van der Waals surface area (Å²) in [5.41, 5.74) is -1.41. The van der Waals surface area contributed by atoms with Crippen molar-refractivity contribution in [3.63, 3.8) is 0 Å². The topological polar surface area (TPSA) is 128 Å². The van der Waals surface area contributed by atoms with Crippen LogP contribution in [0.5, 0.6) is 6.01 Å². The van der Waals surface area contributed by atoms with Crippen LogP contribution in [-0.2, 0) is 20.6 Å². The summed E-state index contributed by atoms with van der Waals surface area (Å²) >= 11 is 6.76. The molecule has 5 aliphatic heterocycles. The van der Waals surface area contributed by atoms with Crippen LogP contribution in [0.25, 0.3) is 33.1 Å². The van der Waals surface area contributed by atoms with Gasteiger partial charge in [-0.3, -0.25) is 15.0 Å². The maximum atomic E-state index is 17.1. The van der Waals surface area contributed by atoms with Gasteiger partial charge in [-0.1, -0.05) is 11.6 Å². The molecule has 0 saturated carbocycles. The van der Waals surface area contributed by atoms with Gasteiger partial charge in [-0.2, -0.15) is 15.1 Å². The van der Waals surface area contributed by atoms with Crippen LogP contribution >= 0.6 is 11.6 Å². The van der Waals surface area contributed by atoms with Crippen molar-refractivity contribution < 1.29 is 36.6 Å². The van der Waals surface area contributed by atoms with Crippen LogP contribution in [0.1, 0.15) is 42.2 Å². The minimum atomic E-state index is -2.86. The van der Waals surface area contributed by atoms with Crippen molar-refractivity contribution in [3.05, 3.63) is 34.9 Å². The van der Waals surface area contributed by atoms with Gasteiger partial charge in [-0.25, -0.2) is 13.6 Å². The van der Waals surface area contributed by atoms with Crippen molar-refractivity contribution in [2.45, 2.75) is 56.3 Å². The van der Waals surface area contributed by atoms with Crippen molar-refractivity contribution in [2.24, 2.45) is 0 Å². The third kappa shape index (κ3) is 5.39. The van der Waals surface area contributed by atoms with Crippen LogP contribution in [0.4, 0.5) is 19.4 Å². The molecule has 1 aromatic carbocycles. The minimum absolute atomic E-state index is 0.0340. The summed E-state index contributed by atoms with van der Waals surface area (Å²) in [6, 6.07) is 1.49. The van der Waals surface area contributed by atoms with E-state index in [0.717, 1.165) is 19.4 Å². The second-order valence-electron chi connectivity index (χ2n) is 12.7. The van der Waals surface area contributed by atoms with Gasteiger partial charge in [-0.05, 0) is 50.7 Å². The number of ether oxygens (including phenoxy) is 4. The number of nitrogens with zero attached hydrogens (tertiary/aromatic N) is 6. The molecule has 3 saturated heterocycles. The van der Waals surface area contributed by atoms with Crippen molar-refractivity contribution in [1.82, 2.24) is 30.0 Å². The number of anilines is 1. The average Bonchev–Trinajstić information content (AvgIpc) is 3.71. The highest BCUT2D eigenvalue weighted by Gasteiger charge is 2.49. The predicted molar refractivity (Wildman–Crippen MR) is 168 cm³/mol. The third-order valence-electron chi connectivity index (χ3n) is 9.57. The molecule has 0 unspecified atom stereocenters. The Hall–Kier alpha value is -3.88. The molecule has 6 bridgehead atoms. The van der Waals surface area contributed by atoms with Crippen molar-refractivity contribution in [3.8, 4) is 17.3 Å². The molecule has 248 valence electrons. The molecule has 12 nitrogen and oxygen atoms in total. The summed E-state index contributed by atoms with van der Waals surface area (Å²) in [6.45, 7) is -2.59. The van der Waals surface area contributed by atoms with E-state index in [2.05, 4.69) is 30.0 Å². The Labute approximate surface area is 277 Å². The maximum absolute atomic E-state index is 17.1. The van der Waals surface area contributed by atoms with Crippen LogP contribution < -0.4 is 9.64 Å². The van der Waals surface area contributed by atoms with E-state index in [-0.39, 0.29) is 67.6 Å². The van der Waals surface area contributed by atoms with Crippen LogP contribution in [0.3, 0.4) is 0 Å². The first-order chi connectivity index (χ1) is 24.0. The lowest BCUT2D eigenvalue weighted by molar-refractivity contribution is -0.0575. The number of carbonyl (C=O) groups is 1. The number of alkyl halides is 1. The number of halogens is 3. The van der Waals surface area contributed by atoms with Crippen LogP contribution in [0.15, 0.2) is 18.5 Å². The number of hydrogen-bond acceptors (Lipinski definition) is 11. The van der Waals surface area contributed by atoms with Gasteiger partial charge in [-0.15, -0.1) is 0 Å². The van der Waals surface area contributed by atoms with Crippen molar-refractivity contribution in [1.29, 1.82) is 0 Å². The molecule has 3 atom stereocenters. The number of hydrogen-bond donors (Lipinski definition) is 1. The normalized spacial score (nSPS) is 28.0. The maximum Gasteiger partial charge on any atom is 0.508 e. The molecule has 9 rings (SSSR count). The zero-order valence-corrected chi connectivity index (χ0v) is 26.1. The number of pyridine rings is 1. The van der Waals surface area contributed by atoms with E-state index in [1.165, 1.54) is 6.20 Å². The van der Waals surface area contributed by atoms with E-state index >= 15 is 4.39 Å². The lowest BCUT2D eigenvalue weighted by atomic mass is 9.95. The summed E-state index contributed by atoms with van der Waals surface area (Å²) < 4.78 is 79.9. The standard InChI is InChI=1S/C32H34ClF2N7O5/c1-31-15-41(7-9-44-16-31)28-21-12-36-27(24-19(4-2-8-45-30(43)47-31)22(33)10-23-20(24)13-37-40-23)25(35)26(21)38-29(39-28)46-17-32-5-3-6-42(32)14-18(34)11-32/h10,12-13,18H,2-9,11,14-17H2,1H3,(H,37,40)/t18-,31-,32+/m1/s1/i1D3. The highest BCUT2D eigenvalue weighted by Crippen LogP contribution is 2.42. The summed E-state index contributed by atoms with van der Waals surface area (Å²) in [6.07, 6.45) is 3.21. The first kappa shape index (κ1) is 27.1. The monoisotopic (exact) mass is 672 g/mol. The Balaban J connectivity index is 1.33. The Morgan fingerprint density at radius 2 is 2.15 bits per heavy atom. The van der Waals surface area contributed by atoms with Crippen LogP contribution in [0, 0.1) is 5.82 Å². The Morgan fingerprint density at radius 3 is 3.04 bits per heavy atom. The third-order valence-corrected chi connectivity index (χ3v) is 9.90.